The number of ether oxygens (including phenoxy) is 1. The molecule has 90 valence electrons. The van der Waals surface area contributed by atoms with Crippen LogP contribution < -0.4 is 10.1 Å². The summed E-state index contributed by atoms with van der Waals surface area (Å²) in [6.07, 6.45) is 1.58. The molecule has 0 aromatic heterocycles. The summed E-state index contributed by atoms with van der Waals surface area (Å²) < 4.78 is 5.43. The van der Waals surface area contributed by atoms with Crippen molar-refractivity contribution >= 4 is 11.4 Å². The third-order valence-corrected chi connectivity index (χ3v) is 2.39. The van der Waals surface area contributed by atoms with Crippen molar-refractivity contribution in [2.24, 2.45) is 0 Å². The van der Waals surface area contributed by atoms with E-state index in [-0.39, 0.29) is 0 Å². The molecule has 2 nitrogen and oxygen atoms in total. The van der Waals surface area contributed by atoms with Crippen LogP contribution >= 0.6 is 0 Å². The van der Waals surface area contributed by atoms with Gasteiger partial charge in [-0.15, -0.1) is 0 Å². The molecule has 2 aromatic rings. The standard InChI is InChI=1S/C16H15NO/c1-3-13(2)18-16-11-9-15(10-12-16)17-14-7-5-4-6-8-14/h3-12,17H,1-2H2. The maximum Gasteiger partial charge on any atom is 0.127 e. The van der Waals surface area contributed by atoms with Crippen molar-refractivity contribution in [3.63, 3.8) is 0 Å². The van der Waals surface area contributed by atoms with Gasteiger partial charge in [0.15, 0.2) is 0 Å². The van der Waals surface area contributed by atoms with Crippen molar-refractivity contribution < 1.29 is 4.74 Å². The van der Waals surface area contributed by atoms with Crippen molar-refractivity contribution in [1.29, 1.82) is 0 Å². The SMILES string of the molecule is C=CC(=C)Oc1ccc(Nc2ccccc2)cc1. The summed E-state index contributed by atoms with van der Waals surface area (Å²) in [6.45, 7) is 7.30. The van der Waals surface area contributed by atoms with E-state index in [0.29, 0.717) is 5.76 Å². The van der Waals surface area contributed by atoms with E-state index in [4.69, 9.17) is 4.74 Å². The van der Waals surface area contributed by atoms with Gasteiger partial charge < -0.3 is 10.1 Å². The second kappa shape index (κ2) is 5.73. The van der Waals surface area contributed by atoms with Crippen LogP contribution in [0.3, 0.4) is 0 Å². The molecule has 0 saturated heterocycles. The molecule has 0 atom stereocenters. The van der Waals surface area contributed by atoms with Crippen LogP contribution in [-0.2, 0) is 0 Å². The van der Waals surface area contributed by atoms with E-state index in [1.54, 1.807) is 6.08 Å². The average molecular weight is 237 g/mol. The van der Waals surface area contributed by atoms with Crippen LogP contribution in [-0.4, -0.2) is 0 Å². The van der Waals surface area contributed by atoms with Crippen molar-refractivity contribution in [2.45, 2.75) is 0 Å². The van der Waals surface area contributed by atoms with Crippen LogP contribution in [0.2, 0.25) is 0 Å². The molecule has 1 N–H and O–H groups in total. The van der Waals surface area contributed by atoms with Crippen LogP contribution in [0, 0.1) is 0 Å². The van der Waals surface area contributed by atoms with E-state index in [9.17, 15) is 0 Å². The van der Waals surface area contributed by atoms with Crippen LogP contribution in [0.1, 0.15) is 0 Å². The molecule has 2 heteroatoms. The van der Waals surface area contributed by atoms with Crippen LogP contribution in [0.5, 0.6) is 5.75 Å². The molecule has 2 aromatic carbocycles. The number of para-hydroxylation sites is 1. The van der Waals surface area contributed by atoms with E-state index in [0.717, 1.165) is 17.1 Å². The Hall–Kier alpha value is -2.48. The van der Waals surface area contributed by atoms with Gasteiger partial charge in [0.05, 0.1) is 0 Å². The molecular formula is C16H15NO. The monoisotopic (exact) mass is 237 g/mol. The largest absolute Gasteiger partial charge is 0.458 e. The molecule has 0 saturated carbocycles. The van der Waals surface area contributed by atoms with Gasteiger partial charge in [-0.05, 0) is 42.5 Å². The predicted molar refractivity (Wildman–Crippen MR) is 76.1 cm³/mol. The second-order valence-electron chi connectivity index (χ2n) is 3.79. The molecular weight excluding hydrogens is 222 g/mol. The van der Waals surface area contributed by atoms with Crippen molar-refractivity contribution in [3.8, 4) is 5.75 Å². The smallest absolute Gasteiger partial charge is 0.127 e. The van der Waals surface area contributed by atoms with Gasteiger partial charge in [-0.3, -0.25) is 0 Å². The molecule has 2 rings (SSSR count). The van der Waals surface area contributed by atoms with Crippen molar-refractivity contribution in [1.82, 2.24) is 0 Å². The summed E-state index contributed by atoms with van der Waals surface area (Å²) in [5, 5.41) is 3.30. The zero-order valence-electron chi connectivity index (χ0n) is 10.1. The first-order valence-corrected chi connectivity index (χ1v) is 5.69. The number of hydrogen-bond acceptors (Lipinski definition) is 2. The third kappa shape index (κ3) is 3.25. The minimum absolute atomic E-state index is 0.541. The van der Waals surface area contributed by atoms with E-state index in [2.05, 4.69) is 18.5 Å². The molecule has 0 aliphatic carbocycles. The Morgan fingerprint density at radius 3 is 2.17 bits per heavy atom. The zero-order valence-corrected chi connectivity index (χ0v) is 10.1. The fourth-order valence-corrected chi connectivity index (χ4v) is 1.49. The molecule has 0 unspecified atom stereocenters. The van der Waals surface area contributed by atoms with Gasteiger partial charge in [-0.1, -0.05) is 31.4 Å². The van der Waals surface area contributed by atoms with Gasteiger partial charge in [0.1, 0.15) is 11.5 Å². The average Bonchev–Trinajstić information content (AvgIpc) is 2.42. The summed E-state index contributed by atoms with van der Waals surface area (Å²) in [6, 6.07) is 17.7. The Bertz CT molecular complexity index is 529. The highest BCUT2D eigenvalue weighted by Crippen LogP contribution is 2.20. The lowest BCUT2D eigenvalue weighted by Gasteiger charge is -2.08. The van der Waals surface area contributed by atoms with Gasteiger partial charge in [0.2, 0.25) is 0 Å². The lowest BCUT2D eigenvalue weighted by Crippen LogP contribution is -1.92. The van der Waals surface area contributed by atoms with Gasteiger partial charge in [0, 0.05) is 11.4 Å². The Morgan fingerprint density at radius 2 is 1.56 bits per heavy atom. The molecule has 0 aliphatic heterocycles. The van der Waals surface area contributed by atoms with E-state index in [1.165, 1.54) is 0 Å². The molecule has 18 heavy (non-hydrogen) atoms. The molecule has 0 bridgehead atoms. The summed E-state index contributed by atoms with van der Waals surface area (Å²) >= 11 is 0. The number of rotatable bonds is 5. The highest BCUT2D eigenvalue weighted by atomic mass is 16.5. The predicted octanol–water partition coefficient (Wildman–Crippen LogP) is 4.51. The number of allylic oxidation sites excluding steroid dienone is 1. The van der Waals surface area contributed by atoms with Crippen LogP contribution in [0.15, 0.2) is 79.6 Å². The fraction of sp³-hybridized carbons (Fsp3) is 0. The summed E-state index contributed by atoms with van der Waals surface area (Å²) in [4.78, 5) is 0. The Morgan fingerprint density at radius 1 is 0.944 bits per heavy atom. The van der Waals surface area contributed by atoms with Gasteiger partial charge >= 0.3 is 0 Å². The molecule has 0 aliphatic rings. The van der Waals surface area contributed by atoms with Gasteiger partial charge in [-0.2, -0.15) is 0 Å². The first-order valence-electron chi connectivity index (χ1n) is 5.69. The molecule has 0 spiro atoms. The number of nitrogens with one attached hydrogen (secondary N) is 1. The Balaban J connectivity index is 2.04. The summed E-state index contributed by atoms with van der Waals surface area (Å²) in [7, 11) is 0. The highest BCUT2D eigenvalue weighted by molar-refractivity contribution is 5.60. The highest BCUT2D eigenvalue weighted by Gasteiger charge is 1.97. The molecule has 0 radical (unpaired) electrons. The summed E-state index contributed by atoms with van der Waals surface area (Å²) in [5.41, 5.74) is 2.07. The van der Waals surface area contributed by atoms with Crippen molar-refractivity contribution in [2.75, 3.05) is 5.32 Å². The first-order chi connectivity index (χ1) is 8.78. The van der Waals surface area contributed by atoms with E-state index >= 15 is 0 Å². The van der Waals surface area contributed by atoms with Crippen molar-refractivity contribution in [3.05, 3.63) is 79.6 Å². The lowest BCUT2D eigenvalue weighted by atomic mass is 10.2. The lowest BCUT2D eigenvalue weighted by molar-refractivity contribution is 0.447. The molecule has 0 heterocycles. The van der Waals surface area contributed by atoms with E-state index in [1.807, 2.05) is 54.6 Å². The second-order valence-corrected chi connectivity index (χ2v) is 3.79. The first kappa shape index (κ1) is 12.0. The maximum absolute atomic E-state index is 5.43. The summed E-state index contributed by atoms with van der Waals surface area (Å²) in [5.74, 6) is 1.29. The quantitative estimate of drug-likeness (QED) is 0.610. The number of hydrogen-bond donors (Lipinski definition) is 1. The Kier molecular flexibility index (Phi) is 3.82. The minimum atomic E-state index is 0.541. The van der Waals surface area contributed by atoms with Crippen LogP contribution in [0.25, 0.3) is 0 Å². The van der Waals surface area contributed by atoms with E-state index < -0.39 is 0 Å². The third-order valence-electron chi connectivity index (χ3n) is 2.39. The normalized spacial score (nSPS) is 9.56. The molecule has 0 amide bonds. The van der Waals surface area contributed by atoms with Gasteiger partial charge in [-0.25, -0.2) is 0 Å². The topological polar surface area (TPSA) is 21.3 Å². The van der Waals surface area contributed by atoms with Gasteiger partial charge in [0.25, 0.3) is 0 Å². The van der Waals surface area contributed by atoms with Crippen LogP contribution in [0.4, 0.5) is 11.4 Å². The number of anilines is 2. The number of benzene rings is 2. The minimum Gasteiger partial charge on any atom is -0.458 e. The maximum atomic E-state index is 5.43. The fourth-order valence-electron chi connectivity index (χ4n) is 1.49. The zero-order chi connectivity index (χ0) is 12.8. The molecule has 0 fully saturated rings. The Labute approximate surface area is 107 Å².